The van der Waals surface area contributed by atoms with Crippen LogP contribution in [0.5, 0.6) is 0 Å². The standard InChI is InChI=1S/C11H22O3/c1-10(2,8-12)11(9-13-3)6-4-5-7-14-11/h12H,4-9H2,1-3H3. The number of aliphatic hydroxyl groups is 1. The quantitative estimate of drug-likeness (QED) is 0.752. The van der Waals surface area contributed by atoms with E-state index in [-0.39, 0.29) is 17.6 Å². The molecule has 1 rings (SSSR count). The first-order chi connectivity index (χ1) is 6.58. The molecule has 0 aromatic carbocycles. The number of hydrogen-bond donors (Lipinski definition) is 1. The first-order valence-corrected chi connectivity index (χ1v) is 5.32. The summed E-state index contributed by atoms with van der Waals surface area (Å²) in [6.45, 7) is 5.57. The van der Waals surface area contributed by atoms with Crippen LogP contribution in [0, 0.1) is 5.41 Å². The van der Waals surface area contributed by atoms with Crippen LogP contribution in [0.25, 0.3) is 0 Å². The topological polar surface area (TPSA) is 38.7 Å². The van der Waals surface area contributed by atoms with E-state index in [9.17, 15) is 5.11 Å². The summed E-state index contributed by atoms with van der Waals surface area (Å²) >= 11 is 0. The maximum absolute atomic E-state index is 9.40. The van der Waals surface area contributed by atoms with E-state index in [1.807, 2.05) is 13.8 Å². The highest BCUT2D eigenvalue weighted by molar-refractivity contribution is 4.96. The molecule has 1 atom stereocenters. The molecule has 0 amide bonds. The maximum atomic E-state index is 9.40. The van der Waals surface area contributed by atoms with E-state index in [1.54, 1.807) is 7.11 Å². The van der Waals surface area contributed by atoms with Crippen LogP contribution >= 0.6 is 0 Å². The predicted molar refractivity (Wildman–Crippen MR) is 55.3 cm³/mol. The van der Waals surface area contributed by atoms with Gasteiger partial charge in [-0.05, 0) is 19.3 Å². The molecule has 1 heterocycles. The molecule has 0 spiro atoms. The largest absolute Gasteiger partial charge is 0.396 e. The van der Waals surface area contributed by atoms with Gasteiger partial charge in [0.05, 0.1) is 18.8 Å². The van der Waals surface area contributed by atoms with Crippen LogP contribution in [0.3, 0.4) is 0 Å². The Morgan fingerprint density at radius 2 is 2.14 bits per heavy atom. The predicted octanol–water partition coefficient (Wildman–Crippen LogP) is 1.59. The van der Waals surface area contributed by atoms with Gasteiger partial charge >= 0.3 is 0 Å². The Morgan fingerprint density at radius 1 is 1.43 bits per heavy atom. The Bertz CT molecular complexity index is 166. The maximum Gasteiger partial charge on any atom is 0.0986 e. The summed E-state index contributed by atoms with van der Waals surface area (Å²) in [5.74, 6) is 0. The normalized spacial score (nSPS) is 29.1. The van der Waals surface area contributed by atoms with Crippen molar-refractivity contribution in [1.29, 1.82) is 0 Å². The van der Waals surface area contributed by atoms with Crippen molar-refractivity contribution in [3.63, 3.8) is 0 Å². The average Bonchev–Trinajstić information content (AvgIpc) is 2.19. The van der Waals surface area contributed by atoms with Crippen LogP contribution in [-0.2, 0) is 9.47 Å². The number of aliphatic hydroxyl groups excluding tert-OH is 1. The van der Waals surface area contributed by atoms with Gasteiger partial charge in [0.1, 0.15) is 0 Å². The summed E-state index contributed by atoms with van der Waals surface area (Å²) < 4.78 is 11.1. The molecule has 1 aliphatic heterocycles. The summed E-state index contributed by atoms with van der Waals surface area (Å²) in [4.78, 5) is 0. The highest BCUT2D eigenvalue weighted by atomic mass is 16.5. The summed E-state index contributed by atoms with van der Waals surface area (Å²) in [5.41, 5.74) is -0.530. The van der Waals surface area contributed by atoms with Crippen molar-refractivity contribution in [2.75, 3.05) is 26.9 Å². The lowest BCUT2D eigenvalue weighted by molar-refractivity contribution is -0.188. The van der Waals surface area contributed by atoms with Crippen molar-refractivity contribution in [2.45, 2.75) is 38.7 Å². The number of methoxy groups -OCH3 is 1. The molecule has 0 aromatic heterocycles. The van der Waals surface area contributed by atoms with Gasteiger partial charge < -0.3 is 14.6 Å². The number of hydrogen-bond acceptors (Lipinski definition) is 3. The fourth-order valence-electron chi connectivity index (χ4n) is 2.07. The minimum atomic E-state index is -0.297. The molecular formula is C11H22O3. The molecule has 1 aliphatic rings. The van der Waals surface area contributed by atoms with E-state index in [0.717, 1.165) is 25.9 Å². The summed E-state index contributed by atoms with van der Waals surface area (Å²) in [6, 6.07) is 0. The first-order valence-electron chi connectivity index (χ1n) is 5.32. The van der Waals surface area contributed by atoms with Crippen molar-refractivity contribution >= 4 is 0 Å². The highest BCUT2D eigenvalue weighted by Gasteiger charge is 2.46. The lowest BCUT2D eigenvalue weighted by Gasteiger charge is -2.47. The lowest BCUT2D eigenvalue weighted by atomic mass is 9.72. The van der Waals surface area contributed by atoms with Gasteiger partial charge in [0.15, 0.2) is 0 Å². The zero-order chi connectivity index (χ0) is 10.7. The van der Waals surface area contributed by atoms with Gasteiger partial charge in [0.25, 0.3) is 0 Å². The second-order valence-electron chi connectivity index (χ2n) is 4.77. The molecule has 0 bridgehead atoms. The fraction of sp³-hybridized carbons (Fsp3) is 1.00. The SMILES string of the molecule is COCC1(C(C)(C)CO)CCCCO1. The van der Waals surface area contributed by atoms with Gasteiger partial charge in [-0.25, -0.2) is 0 Å². The second-order valence-corrected chi connectivity index (χ2v) is 4.77. The Balaban J connectivity index is 2.78. The monoisotopic (exact) mass is 202 g/mol. The first kappa shape index (κ1) is 12.0. The van der Waals surface area contributed by atoms with Gasteiger partial charge in [-0.3, -0.25) is 0 Å². The van der Waals surface area contributed by atoms with E-state index in [4.69, 9.17) is 9.47 Å². The van der Waals surface area contributed by atoms with Crippen molar-refractivity contribution < 1.29 is 14.6 Å². The summed E-state index contributed by atoms with van der Waals surface area (Å²) in [6.07, 6.45) is 3.26. The molecule has 1 saturated heterocycles. The molecular weight excluding hydrogens is 180 g/mol. The third kappa shape index (κ3) is 2.10. The molecule has 1 unspecified atom stereocenters. The van der Waals surface area contributed by atoms with Crippen molar-refractivity contribution in [1.82, 2.24) is 0 Å². The molecule has 84 valence electrons. The van der Waals surface area contributed by atoms with E-state index < -0.39 is 0 Å². The van der Waals surface area contributed by atoms with E-state index in [1.165, 1.54) is 0 Å². The zero-order valence-electron chi connectivity index (χ0n) is 9.51. The van der Waals surface area contributed by atoms with Gasteiger partial charge in [-0.2, -0.15) is 0 Å². The molecule has 0 aliphatic carbocycles. The molecule has 14 heavy (non-hydrogen) atoms. The Morgan fingerprint density at radius 3 is 2.57 bits per heavy atom. The van der Waals surface area contributed by atoms with Crippen molar-refractivity contribution in [3.05, 3.63) is 0 Å². The smallest absolute Gasteiger partial charge is 0.0986 e. The minimum absolute atomic E-state index is 0.135. The molecule has 3 heteroatoms. The van der Waals surface area contributed by atoms with Crippen LogP contribution in [0.1, 0.15) is 33.1 Å². The van der Waals surface area contributed by atoms with Gasteiger partial charge in [-0.15, -0.1) is 0 Å². The average molecular weight is 202 g/mol. The molecule has 1 N–H and O–H groups in total. The third-order valence-corrected chi connectivity index (χ3v) is 3.36. The van der Waals surface area contributed by atoms with Crippen LogP contribution in [-0.4, -0.2) is 37.6 Å². The van der Waals surface area contributed by atoms with E-state index in [2.05, 4.69) is 0 Å². The van der Waals surface area contributed by atoms with E-state index in [0.29, 0.717) is 6.61 Å². The van der Waals surface area contributed by atoms with Crippen LogP contribution in [0.2, 0.25) is 0 Å². The number of ether oxygens (including phenoxy) is 2. The van der Waals surface area contributed by atoms with Gasteiger partial charge in [-0.1, -0.05) is 13.8 Å². The summed E-state index contributed by atoms with van der Waals surface area (Å²) in [5, 5.41) is 9.40. The molecule has 0 aromatic rings. The number of rotatable bonds is 4. The summed E-state index contributed by atoms with van der Waals surface area (Å²) in [7, 11) is 1.69. The molecule has 0 radical (unpaired) electrons. The Kier molecular flexibility index (Phi) is 3.93. The minimum Gasteiger partial charge on any atom is -0.396 e. The van der Waals surface area contributed by atoms with Gasteiger partial charge in [0, 0.05) is 19.1 Å². The molecule has 3 nitrogen and oxygen atoms in total. The second kappa shape index (κ2) is 4.60. The van der Waals surface area contributed by atoms with Crippen LogP contribution in [0.15, 0.2) is 0 Å². The third-order valence-electron chi connectivity index (χ3n) is 3.36. The van der Waals surface area contributed by atoms with Crippen LogP contribution in [0.4, 0.5) is 0 Å². The zero-order valence-corrected chi connectivity index (χ0v) is 9.51. The van der Waals surface area contributed by atoms with Crippen molar-refractivity contribution in [3.8, 4) is 0 Å². The lowest BCUT2D eigenvalue weighted by Crippen LogP contribution is -2.54. The fourth-order valence-corrected chi connectivity index (χ4v) is 2.07. The highest BCUT2D eigenvalue weighted by Crippen LogP contribution is 2.40. The Labute approximate surface area is 86.4 Å². The molecule has 0 saturated carbocycles. The van der Waals surface area contributed by atoms with Crippen LogP contribution < -0.4 is 0 Å². The Hall–Kier alpha value is -0.120. The molecule has 1 fully saturated rings. The van der Waals surface area contributed by atoms with E-state index >= 15 is 0 Å². The van der Waals surface area contributed by atoms with Gasteiger partial charge in [0.2, 0.25) is 0 Å². The van der Waals surface area contributed by atoms with Crippen molar-refractivity contribution in [2.24, 2.45) is 5.41 Å².